The van der Waals surface area contributed by atoms with Gasteiger partial charge in [-0.15, -0.1) is 0 Å². The summed E-state index contributed by atoms with van der Waals surface area (Å²) in [6.45, 7) is 0. The van der Waals surface area contributed by atoms with Crippen LogP contribution in [-0.2, 0) is 4.79 Å². The van der Waals surface area contributed by atoms with Crippen LogP contribution in [0.1, 0.15) is 15.9 Å². The Hall–Kier alpha value is -3.04. The predicted molar refractivity (Wildman–Crippen MR) is 115 cm³/mol. The highest BCUT2D eigenvalue weighted by atomic mass is 32.2. The zero-order chi connectivity index (χ0) is 21.1. The highest BCUT2D eigenvalue weighted by Crippen LogP contribution is 2.39. The zero-order valence-corrected chi connectivity index (χ0v) is 17.4. The predicted octanol–water partition coefficient (Wildman–Crippen LogP) is 3.82. The second-order valence-corrected chi connectivity index (χ2v) is 7.46. The van der Waals surface area contributed by atoms with Crippen LogP contribution in [-0.4, -0.2) is 42.6 Å². The molecule has 7 nitrogen and oxygen atoms in total. The maximum Gasteiger partial charge on any atom is 0.340 e. The van der Waals surface area contributed by atoms with Crippen LogP contribution in [0.25, 0.3) is 6.08 Å². The number of hydrogen-bond donors (Lipinski definition) is 1. The Morgan fingerprint density at radius 2 is 1.76 bits per heavy atom. The van der Waals surface area contributed by atoms with Gasteiger partial charge in [0, 0.05) is 0 Å². The van der Waals surface area contributed by atoms with Crippen molar-refractivity contribution in [3.05, 3.63) is 52.4 Å². The molecule has 1 N–H and O–H groups in total. The van der Waals surface area contributed by atoms with Crippen molar-refractivity contribution in [2.24, 2.45) is 0 Å². The monoisotopic (exact) mass is 431 g/mol. The molecular weight excluding hydrogens is 414 g/mol. The van der Waals surface area contributed by atoms with E-state index in [-0.39, 0.29) is 23.0 Å². The van der Waals surface area contributed by atoms with Crippen LogP contribution in [0.15, 0.2) is 41.3 Å². The van der Waals surface area contributed by atoms with Crippen LogP contribution >= 0.6 is 24.0 Å². The number of anilines is 1. The second kappa shape index (κ2) is 8.54. The van der Waals surface area contributed by atoms with Crippen molar-refractivity contribution in [2.45, 2.75) is 0 Å². The smallest absolute Gasteiger partial charge is 0.340 e. The maximum absolute atomic E-state index is 12.9. The molecule has 2 aromatic rings. The Morgan fingerprint density at radius 1 is 1.07 bits per heavy atom. The standard InChI is InChI=1S/C20H17NO6S2/c1-25-13-7-5-12(6-8-13)21-18(22)15(29-20(21)28)10-11-4-9-14(26-2)17(27-3)16(11)19(23)24/h4-10H,1-3H3,(H,23,24)/b15-10+. The summed E-state index contributed by atoms with van der Waals surface area (Å²) in [5, 5.41) is 9.66. The van der Waals surface area contributed by atoms with Gasteiger partial charge in [-0.25, -0.2) is 4.79 Å². The van der Waals surface area contributed by atoms with E-state index in [1.54, 1.807) is 43.5 Å². The molecule has 9 heteroatoms. The third kappa shape index (κ3) is 3.92. The first-order chi connectivity index (χ1) is 13.9. The lowest BCUT2D eigenvalue weighted by molar-refractivity contribution is -0.113. The lowest BCUT2D eigenvalue weighted by Gasteiger charge is -2.15. The number of carbonyl (C=O) groups excluding carboxylic acids is 1. The molecule has 29 heavy (non-hydrogen) atoms. The van der Waals surface area contributed by atoms with E-state index in [1.165, 1.54) is 25.2 Å². The van der Waals surface area contributed by atoms with Crippen LogP contribution in [0.2, 0.25) is 0 Å². The van der Waals surface area contributed by atoms with Gasteiger partial charge >= 0.3 is 5.97 Å². The summed E-state index contributed by atoms with van der Waals surface area (Å²) < 4.78 is 15.9. The molecule has 150 valence electrons. The van der Waals surface area contributed by atoms with Crippen LogP contribution in [0, 0.1) is 0 Å². The Morgan fingerprint density at radius 3 is 2.31 bits per heavy atom. The number of aromatic carboxylic acids is 1. The Balaban J connectivity index is 2.02. The Labute approximate surface area is 176 Å². The van der Waals surface area contributed by atoms with E-state index in [2.05, 4.69) is 0 Å². The molecular formula is C20H17NO6S2. The fraction of sp³-hybridized carbons (Fsp3) is 0.150. The Bertz CT molecular complexity index is 1020. The van der Waals surface area contributed by atoms with Crippen molar-refractivity contribution in [1.29, 1.82) is 0 Å². The number of amides is 1. The average Bonchev–Trinajstić information content (AvgIpc) is 3.00. The third-order valence-corrected chi connectivity index (χ3v) is 5.50. The number of rotatable bonds is 6. The van der Waals surface area contributed by atoms with E-state index in [1.807, 2.05) is 0 Å². The van der Waals surface area contributed by atoms with Crippen molar-refractivity contribution >= 4 is 51.9 Å². The van der Waals surface area contributed by atoms with Gasteiger partial charge in [0.05, 0.1) is 31.9 Å². The maximum atomic E-state index is 12.9. The molecule has 0 spiro atoms. The first kappa shape index (κ1) is 20.7. The van der Waals surface area contributed by atoms with Gasteiger partial charge in [-0.2, -0.15) is 0 Å². The van der Waals surface area contributed by atoms with E-state index in [9.17, 15) is 14.7 Å². The molecule has 0 atom stereocenters. The molecule has 0 aliphatic carbocycles. The van der Waals surface area contributed by atoms with E-state index in [4.69, 9.17) is 26.4 Å². The number of hydrogen-bond acceptors (Lipinski definition) is 7. The Kier molecular flexibility index (Phi) is 6.09. The number of ether oxygens (including phenoxy) is 3. The summed E-state index contributed by atoms with van der Waals surface area (Å²) in [6, 6.07) is 10.1. The molecule has 0 radical (unpaired) electrons. The summed E-state index contributed by atoms with van der Waals surface area (Å²) in [5.74, 6) is -0.507. The van der Waals surface area contributed by atoms with Crippen molar-refractivity contribution in [2.75, 3.05) is 26.2 Å². The summed E-state index contributed by atoms with van der Waals surface area (Å²) in [5.41, 5.74) is 0.814. The number of carboxylic acids is 1. The van der Waals surface area contributed by atoms with Gasteiger partial charge in [-0.3, -0.25) is 9.69 Å². The van der Waals surface area contributed by atoms with E-state index < -0.39 is 5.97 Å². The summed E-state index contributed by atoms with van der Waals surface area (Å²) in [6.07, 6.45) is 1.49. The van der Waals surface area contributed by atoms with Crippen LogP contribution in [0.3, 0.4) is 0 Å². The number of carboxylic acid groups (broad SMARTS) is 1. The highest BCUT2D eigenvalue weighted by Gasteiger charge is 2.34. The lowest BCUT2D eigenvalue weighted by Crippen LogP contribution is -2.27. The quantitative estimate of drug-likeness (QED) is 0.546. The molecule has 1 saturated heterocycles. The molecule has 0 saturated carbocycles. The molecule has 1 amide bonds. The second-order valence-electron chi connectivity index (χ2n) is 5.79. The molecule has 3 rings (SSSR count). The molecule has 1 aliphatic heterocycles. The molecule has 1 fully saturated rings. The first-order valence-electron chi connectivity index (χ1n) is 8.31. The van der Waals surface area contributed by atoms with E-state index >= 15 is 0 Å². The van der Waals surface area contributed by atoms with Gasteiger partial charge in [0.15, 0.2) is 15.8 Å². The number of nitrogens with zero attached hydrogens (tertiary/aromatic N) is 1. The van der Waals surface area contributed by atoms with Crippen molar-refractivity contribution in [1.82, 2.24) is 0 Å². The largest absolute Gasteiger partial charge is 0.497 e. The molecule has 1 aliphatic rings. The summed E-state index contributed by atoms with van der Waals surface area (Å²) in [4.78, 5) is 26.5. The topological polar surface area (TPSA) is 85.3 Å². The fourth-order valence-corrected chi connectivity index (χ4v) is 4.14. The van der Waals surface area contributed by atoms with Crippen molar-refractivity contribution in [3.8, 4) is 17.2 Å². The average molecular weight is 431 g/mol. The van der Waals surface area contributed by atoms with Crippen LogP contribution in [0.5, 0.6) is 17.2 Å². The van der Waals surface area contributed by atoms with Gasteiger partial charge in [0.25, 0.3) is 5.91 Å². The van der Waals surface area contributed by atoms with Crippen LogP contribution < -0.4 is 19.1 Å². The van der Waals surface area contributed by atoms with Crippen molar-refractivity contribution in [3.63, 3.8) is 0 Å². The molecule has 2 aromatic carbocycles. The van der Waals surface area contributed by atoms with Gasteiger partial charge in [-0.1, -0.05) is 30.0 Å². The number of thiocarbonyl (C=S) groups is 1. The lowest BCUT2D eigenvalue weighted by atomic mass is 10.0. The first-order valence-corrected chi connectivity index (χ1v) is 9.54. The molecule has 0 bridgehead atoms. The molecule has 0 unspecified atom stereocenters. The van der Waals surface area contributed by atoms with Gasteiger partial charge in [0.1, 0.15) is 11.3 Å². The number of carbonyl (C=O) groups is 2. The minimum atomic E-state index is -1.20. The van der Waals surface area contributed by atoms with E-state index in [0.717, 1.165) is 11.8 Å². The summed E-state index contributed by atoms with van der Waals surface area (Å²) in [7, 11) is 4.33. The van der Waals surface area contributed by atoms with Crippen molar-refractivity contribution < 1.29 is 28.9 Å². The number of thioether (sulfide) groups is 1. The normalized spacial score (nSPS) is 15.0. The number of benzene rings is 2. The van der Waals surface area contributed by atoms with Gasteiger partial charge in [0.2, 0.25) is 0 Å². The fourth-order valence-electron chi connectivity index (χ4n) is 2.85. The number of methoxy groups -OCH3 is 3. The zero-order valence-electron chi connectivity index (χ0n) is 15.8. The SMILES string of the molecule is COc1ccc(N2C(=O)/C(=C\c3ccc(OC)c(OC)c3C(=O)O)SC2=S)cc1. The van der Waals surface area contributed by atoms with Gasteiger partial charge < -0.3 is 19.3 Å². The van der Waals surface area contributed by atoms with E-state index in [0.29, 0.717) is 26.2 Å². The summed E-state index contributed by atoms with van der Waals surface area (Å²) >= 11 is 6.46. The third-order valence-electron chi connectivity index (χ3n) is 4.20. The highest BCUT2D eigenvalue weighted by molar-refractivity contribution is 8.27. The minimum Gasteiger partial charge on any atom is -0.497 e. The van der Waals surface area contributed by atoms with Gasteiger partial charge in [-0.05, 0) is 42.0 Å². The van der Waals surface area contributed by atoms with Crippen LogP contribution in [0.4, 0.5) is 5.69 Å². The minimum absolute atomic E-state index is 0.0828. The molecule has 1 heterocycles. The molecule has 0 aromatic heterocycles.